The van der Waals surface area contributed by atoms with Crippen molar-refractivity contribution >= 4 is 32.4 Å². The number of hydrogen-bond donors (Lipinski definition) is 1. The minimum atomic E-state index is -0.539. The molecule has 4 heterocycles. The number of piperidine rings is 3. The number of quaternary nitrogens is 1. The normalized spacial score (nSPS) is 26.0. The van der Waals surface area contributed by atoms with Crippen molar-refractivity contribution in [1.82, 2.24) is 4.98 Å². The molecule has 184 valence electrons. The maximum atomic E-state index is 12.1. The summed E-state index contributed by atoms with van der Waals surface area (Å²) in [5.41, 5.74) is 3.37. The molecule has 0 spiro atoms. The highest BCUT2D eigenvalue weighted by molar-refractivity contribution is 6.02. The average molecular weight is 486 g/mol. The van der Waals surface area contributed by atoms with E-state index in [-0.39, 0.29) is 6.04 Å². The molecule has 3 aliphatic heterocycles. The van der Waals surface area contributed by atoms with Gasteiger partial charge in [-0.1, -0.05) is 72.8 Å². The number of pyridine rings is 1. The SMILES string of the molecule is C=CC1C[N@+]2(Cc3c4ccccc4cc4ccccc34)CC[C@H]1C[C@@H]2[C@H](O)c1ccnc2ccccc12. The minimum Gasteiger partial charge on any atom is -0.382 e. The van der Waals surface area contributed by atoms with Crippen molar-refractivity contribution < 1.29 is 9.59 Å². The zero-order valence-electron chi connectivity index (χ0n) is 21.1. The average Bonchev–Trinajstić information content (AvgIpc) is 2.96. The Morgan fingerprint density at radius 3 is 2.32 bits per heavy atom. The predicted molar refractivity (Wildman–Crippen MR) is 152 cm³/mol. The van der Waals surface area contributed by atoms with Gasteiger partial charge in [0.2, 0.25) is 0 Å². The fourth-order valence-corrected chi connectivity index (χ4v) is 7.56. The largest absolute Gasteiger partial charge is 0.382 e. The number of benzene rings is 4. The molecular weight excluding hydrogens is 452 g/mol. The molecule has 3 fully saturated rings. The fourth-order valence-electron chi connectivity index (χ4n) is 7.56. The lowest BCUT2D eigenvalue weighted by atomic mass is 9.71. The molecule has 1 aromatic heterocycles. The second-order valence-electron chi connectivity index (χ2n) is 11.2. The number of fused-ring (bicyclic) bond motifs is 6. The molecule has 0 radical (unpaired) electrons. The minimum absolute atomic E-state index is 0.137. The molecule has 1 unspecified atom stereocenters. The third kappa shape index (κ3) is 3.60. The standard InChI is InChI=1S/C34H33N2O/c1-2-23-21-36(22-31-27-11-5-3-9-25(27)19-26-10-4-6-12-28(26)31)18-16-24(23)20-33(36)34(37)30-15-17-35-32-14-8-7-13-29(30)32/h2-15,17,19,23-24,33-34,37H,1,16,18,20-22H2/q+1/t23?,24-,33+,34+,36-/m0/s1. The summed E-state index contributed by atoms with van der Waals surface area (Å²) in [6.45, 7) is 7.28. The third-order valence-electron chi connectivity index (χ3n) is 9.40. The summed E-state index contributed by atoms with van der Waals surface area (Å²) < 4.78 is 0.906. The van der Waals surface area contributed by atoms with Gasteiger partial charge in [-0.05, 0) is 51.2 Å². The Morgan fingerprint density at radius 1 is 0.919 bits per heavy atom. The van der Waals surface area contributed by atoms with Crippen LogP contribution in [-0.2, 0) is 6.54 Å². The van der Waals surface area contributed by atoms with E-state index in [1.807, 2.05) is 30.5 Å². The molecular formula is C34H33N2O+. The van der Waals surface area contributed by atoms with Crippen molar-refractivity contribution in [2.75, 3.05) is 13.1 Å². The van der Waals surface area contributed by atoms with E-state index in [0.29, 0.717) is 11.8 Å². The number of rotatable bonds is 5. The number of aromatic nitrogens is 1. The maximum absolute atomic E-state index is 12.1. The summed E-state index contributed by atoms with van der Waals surface area (Å²) in [6.07, 6.45) is 5.72. The summed E-state index contributed by atoms with van der Waals surface area (Å²) >= 11 is 0. The van der Waals surface area contributed by atoms with Gasteiger partial charge < -0.3 is 9.59 Å². The Morgan fingerprint density at radius 2 is 1.59 bits per heavy atom. The number of hydrogen-bond acceptors (Lipinski definition) is 2. The first-order valence-electron chi connectivity index (χ1n) is 13.6. The molecule has 3 heteroatoms. The van der Waals surface area contributed by atoms with Crippen molar-refractivity contribution in [2.45, 2.75) is 31.5 Å². The van der Waals surface area contributed by atoms with Gasteiger partial charge in [0.25, 0.3) is 0 Å². The van der Waals surface area contributed by atoms with Crippen LogP contribution in [-0.4, -0.2) is 33.7 Å². The Labute approximate surface area is 218 Å². The van der Waals surface area contributed by atoms with E-state index >= 15 is 0 Å². The van der Waals surface area contributed by atoms with Crippen molar-refractivity contribution in [3.63, 3.8) is 0 Å². The Hall–Kier alpha value is -3.53. The van der Waals surface area contributed by atoms with Gasteiger partial charge in [0.15, 0.2) is 0 Å². The van der Waals surface area contributed by atoms with Crippen LogP contribution in [0.5, 0.6) is 0 Å². The van der Waals surface area contributed by atoms with Gasteiger partial charge in [-0.15, -0.1) is 6.58 Å². The molecule has 3 nitrogen and oxygen atoms in total. The zero-order chi connectivity index (χ0) is 25.0. The third-order valence-corrected chi connectivity index (χ3v) is 9.40. The first-order valence-corrected chi connectivity index (χ1v) is 13.6. The van der Waals surface area contributed by atoms with Gasteiger partial charge in [0.05, 0.1) is 18.6 Å². The van der Waals surface area contributed by atoms with Crippen LogP contribution < -0.4 is 0 Å². The van der Waals surface area contributed by atoms with Crippen molar-refractivity contribution in [1.29, 1.82) is 0 Å². The van der Waals surface area contributed by atoms with Crippen LogP contribution in [0.2, 0.25) is 0 Å². The lowest BCUT2D eigenvalue weighted by Crippen LogP contribution is -2.67. The number of aliphatic hydroxyl groups excluding tert-OH is 1. The molecule has 3 aliphatic rings. The van der Waals surface area contributed by atoms with Crippen LogP contribution in [0.25, 0.3) is 32.4 Å². The molecule has 0 amide bonds. The highest BCUT2D eigenvalue weighted by Gasteiger charge is 2.54. The molecule has 3 saturated heterocycles. The molecule has 0 aliphatic carbocycles. The van der Waals surface area contributed by atoms with Gasteiger partial charge >= 0.3 is 0 Å². The van der Waals surface area contributed by atoms with Crippen molar-refractivity contribution in [2.24, 2.45) is 11.8 Å². The van der Waals surface area contributed by atoms with Crippen LogP contribution in [0.3, 0.4) is 0 Å². The quantitative estimate of drug-likeness (QED) is 0.162. The van der Waals surface area contributed by atoms with Crippen LogP contribution in [0.4, 0.5) is 0 Å². The summed E-state index contributed by atoms with van der Waals surface area (Å²) in [6, 6.07) is 30.3. The van der Waals surface area contributed by atoms with E-state index in [2.05, 4.69) is 78.3 Å². The second kappa shape index (κ2) is 8.79. The topological polar surface area (TPSA) is 33.1 Å². The Balaban J connectivity index is 1.39. The van der Waals surface area contributed by atoms with E-state index in [0.717, 1.165) is 47.0 Å². The maximum Gasteiger partial charge on any atom is 0.131 e. The highest BCUT2D eigenvalue weighted by Crippen LogP contribution is 2.49. The summed E-state index contributed by atoms with van der Waals surface area (Å²) in [5, 5.41) is 18.4. The van der Waals surface area contributed by atoms with Crippen molar-refractivity contribution in [3.8, 4) is 0 Å². The van der Waals surface area contributed by atoms with Gasteiger partial charge in [0.1, 0.15) is 18.7 Å². The smallest absolute Gasteiger partial charge is 0.131 e. The molecule has 8 rings (SSSR count). The predicted octanol–water partition coefficient (Wildman–Crippen LogP) is 7.19. The Bertz CT molecular complexity index is 1580. The molecule has 37 heavy (non-hydrogen) atoms. The van der Waals surface area contributed by atoms with Crippen LogP contribution in [0, 0.1) is 11.8 Å². The molecule has 2 bridgehead atoms. The molecule has 0 saturated carbocycles. The van der Waals surface area contributed by atoms with E-state index in [1.165, 1.54) is 33.5 Å². The molecule has 4 aromatic carbocycles. The van der Waals surface area contributed by atoms with E-state index in [4.69, 9.17) is 0 Å². The molecule has 5 atom stereocenters. The van der Waals surface area contributed by atoms with Gasteiger partial charge in [-0.3, -0.25) is 4.98 Å². The van der Waals surface area contributed by atoms with E-state index in [1.54, 1.807) is 0 Å². The van der Waals surface area contributed by atoms with Gasteiger partial charge in [-0.25, -0.2) is 0 Å². The lowest BCUT2D eigenvalue weighted by Gasteiger charge is -2.58. The molecule has 5 aromatic rings. The number of aliphatic hydroxyl groups is 1. The summed E-state index contributed by atoms with van der Waals surface area (Å²) in [7, 11) is 0. The summed E-state index contributed by atoms with van der Waals surface area (Å²) in [4.78, 5) is 4.57. The fraction of sp³-hybridized carbons (Fsp3) is 0.265. The van der Waals surface area contributed by atoms with Crippen molar-refractivity contribution in [3.05, 3.63) is 115 Å². The number of nitrogens with zero attached hydrogens (tertiary/aromatic N) is 2. The number of para-hydroxylation sites is 1. The zero-order valence-corrected chi connectivity index (χ0v) is 21.1. The van der Waals surface area contributed by atoms with Crippen LogP contribution in [0.15, 0.2) is 104 Å². The second-order valence-corrected chi connectivity index (χ2v) is 11.2. The first kappa shape index (κ1) is 22.7. The van der Waals surface area contributed by atoms with E-state index in [9.17, 15) is 5.11 Å². The lowest BCUT2D eigenvalue weighted by molar-refractivity contribution is -0.984. The van der Waals surface area contributed by atoms with E-state index < -0.39 is 6.10 Å². The Kier molecular flexibility index (Phi) is 5.38. The van der Waals surface area contributed by atoms with Crippen LogP contribution in [0.1, 0.15) is 30.1 Å². The summed E-state index contributed by atoms with van der Waals surface area (Å²) in [5.74, 6) is 1.09. The first-order chi connectivity index (χ1) is 18.2. The monoisotopic (exact) mass is 485 g/mol. The van der Waals surface area contributed by atoms with Gasteiger partial charge in [0, 0.05) is 35.9 Å². The van der Waals surface area contributed by atoms with Crippen LogP contribution >= 0.6 is 0 Å². The van der Waals surface area contributed by atoms with Gasteiger partial charge in [-0.2, -0.15) is 0 Å². The molecule has 1 N–H and O–H groups in total. The highest BCUT2D eigenvalue weighted by atomic mass is 16.3.